The molecule has 0 saturated carbocycles. The van der Waals surface area contributed by atoms with E-state index in [1.165, 1.54) is 0 Å². The lowest BCUT2D eigenvalue weighted by Crippen LogP contribution is -2.31. The zero-order valence-electron chi connectivity index (χ0n) is 13.8. The molecule has 0 aliphatic rings. The van der Waals surface area contributed by atoms with E-state index in [4.69, 9.17) is 9.47 Å². The molecule has 0 aliphatic heterocycles. The van der Waals surface area contributed by atoms with Crippen LogP contribution >= 0.6 is 0 Å². The molecule has 0 fully saturated rings. The zero-order valence-corrected chi connectivity index (χ0v) is 13.8. The number of ether oxygens (including phenoxy) is 2. The van der Waals surface area contributed by atoms with Crippen molar-refractivity contribution in [1.29, 1.82) is 0 Å². The number of carbonyl (C=O) groups excluding carboxylic acids is 1. The van der Waals surface area contributed by atoms with E-state index < -0.39 is 0 Å². The highest BCUT2D eigenvalue weighted by atomic mass is 16.6. The van der Waals surface area contributed by atoms with Gasteiger partial charge >= 0.3 is 5.97 Å². The van der Waals surface area contributed by atoms with Gasteiger partial charge in [0.1, 0.15) is 6.61 Å². The molecule has 23 heavy (non-hydrogen) atoms. The number of hydrogen-bond acceptors (Lipinski definition) is 3. The van der Waals surface area contributed by atoms with Crippen molar-refractivity contribution in [3.8, 4) is 0 Å². The Morgan fingerprint density at radius 1 is 0.957 bits per heavy atom. The van der Waals surface area contributed by atoms with Crippen molar-refractivity contribution in [2.24, 2.45) is 0 Å². The predicted molar refractivity (Wildman–Crippen MR) is 91.4 cm³/mol. The fourth-order valence-corrected chi connectivity index (χ4v) is 2.54. The quantitative estimate of drug-likeness (QED) is 0.692. The van der Waals surface area contributed by atoms with E-state index in [0.717, 1.165) is 17.5 Å². The first-order valence-electron chi connectivity index (χ1n) is 8.01. The topological polar surface area (TPSA) is 35.5 Å². The maximum Gasteiger partial charge on any atom is 0.332 e. The maximum atomic E-state index is 11.6. The molecule has 0 saturated heterocycles. The van der Waals surface area contributed by atoms with Crippen LogP contribution in [-0.2, 0) is 19.7 Å². The van der Waals surface area contributed by atoms with Gasteiger partial charge in [0.2, 0.25) is 0 Å². The number of rotatable bonds is 8. The third-order valence-corrected chi connectivity index (χ3v) is 3.90. The van der Waals surface area contributed by atoms with Crippen LogP contribution in [0.5, 0.6) is 0 Å². The molecule has 2 aromatic carbocycles. The Bertz CT molecular complexity index is 553. The van der Waals surface area contributed by atoms with Gasteiger partial charge in [-0.2, -0.15) is 0 Å². The SMILES string of the molecule is CCCOC(=O)COCC(C)(c1ccccc1)c1ccccc1. The second-order valence-electron chi connectivity index (χ2n) is 5.78. The molecule has 2 aromatic rings. The minimum atomic E-state index is -0.312. The van der Waals surface area contributed by atoms with Crippen LogP contribution < -0.4 is 0 Å². The molecule has 3 nitrogen and oxygen atoms in total. The van der Waals surface area contributed by atoms with E-state index in [9.17, 15) is 4.79 Å². The molecule has 2 rings (SSSR count). The fourth-order valence-electron chi connectivity index (χ4n) is 2.54. The van der Waals surface area contributed by atoms with Gasteiger partial charge in [-0.1, -0.05) is 67.6 Å². The van der Waals surface area contributed by atoms with Crippen LogP contribution in [0, 0.1) is 0 Å². The minimum absolute atomic E-state index is 0.0186. The Balaban J connectivity index is 2.11. The Hall–Kier alpha value is -2.13. The average molecular weight is 312 g/mol. The Morgan fingerprint density at radius 2 is 1.48 bits per heavy atom. The molecule has 0 N–H and O–H groups in total. The first-order chi connectivity index (χ1) is 11.2. The van der Waals surface area contributed by atoms with Gasteiger partial charge in [0.05, 0.1) is 13.2 Å². The van der Waals surface area contributed by atoms with Crippen LogP contribution in [0.2, 0.25) is 0 Å². The molecule has 0 amide bonds. The second-order valence-corrected chi connectivity index (χ2v) is 5.78. The van der Waals surface area contributed by atoms with E-state index in [2.05, 4.69) is 31.2 Å². The van der Waals surface area contributed by atoms with Crippen molar-refractivity contribution in [1.82, 2.24) is 0 Å². The molecule has 0 heterocycles. The van der Waals surface area contributed by atoms with Gasteiger partial charge in [0.15, 0.2) is 0 Å². The standard InChI is InChI=1S/C20H24O3/c1-3-14-23-19(21)15-22-16-20(2,17-10-6-4-7-11-17)18-12-8-5-9-13-18/h4-13H,3,14-16H2,1-2H3. The smallest absolute Gasteiger partial charge is 0.332 e. The van der Waals surface area contributed by atoms with Crippen molar-refractivity contribution >= 4 is 5.97 Å². The molecule has 0 radical (unpaired) electrons. The van der Waals surface area contributed by atoms with Crippen molar-refractivity contribution in [2.75, 3.05) is 19.8 Å². The summed E-state index contributed by atoms with van der Waals surface area (Å²) in [6, 6.07) is 20.4. The summed E-state index contributed by atoms with van der Waals surface area (Å²) in [7, 11) is 0. The maximum absolute atomic E-state index is 11.6. The summed E-state index contributed by atoms with van der Waals surface area (Å²) in [6.45, 7) is 4.94. The molecule has 0 aromatic heterocycles. The van der Waals surface area contributed by atoms with Crippen LogP contribution in [0.1, 0.15) is 31.4 Å². The largest absolute Gasteiger partial charge is 0.464 e. The summed E-state index contributed by atoms with van der Waals surface area (Å²) in [5.74, 6) is -0.310. The van der Waals surface area contributed by atoms with Crippen molar-refractivity contribution < 1.29 is 14.3 Å². The highest BCUT2D eigenvalue weighted by Gasteiger charge is 2.29. The third-order valence-electron chi connectivity index (χ3n) is 3.90. The van der Waals surface area contributed by atoms with E-state index in [1.54, 1.807) is 0 Å². The normalized spacial score (nSPS) is 11.2. The van der Waals surface area contributed by atoms with Crippen molar-refractivity contribution in [2.45, 2.75) is 25.7 Å². The van der Waals surface area contributed by atoms with Gasteiger partial charge in [-0.05, 0) is 24.5 Å². The Kier molecular flexibility index (Phi) is 6.36. The number of benzene rings is 2. The van der Waals surface area contributed by atoms with Crippen LogP contribution in [0.25, 0.3) is 0 Å². The third kappa shape index (κ3) is 4.67. The summed E-state index contributed by atoms with van der Waals surface area (Å²) >= 11 is 0. The van der Waals surface area contributed by atoms with E-state index in [1.807, 2.05) is 43.3 Å². The first-order valence-corrected chi connectivity index (χ1v) is 8.01. The average Bonchev–Trinajstić information content (AvgIpc) is 2.61. The summed E-state index contributed by atoms with van der Waals surface area (Å²) in [5.41, 5.74) is 2.01. The molecule has 0 bridgehead atoms. The summed E-state index contributed by atoms with van der Waals surface area (Å²) < 4.78 is 10.7. The lowest BCUT2D eigenvalue weighted by atomic mass is 9.77. The van der Waals surface area contributed by atoms with E-state index in [-0.39, 0.29) is 18.0 Å². The van der Waals surface area contributed by atoms with E-state index >= 15 is 0 Å². The predicted octanol–water partition coefficient (Wildman–Crippen LogP) is 3.96. The van der Waals surface area contributed by atoms with Gasteiger partial charge in [-0.15, -0.1) is 0 Å². The molecule has 0 spiro atoms. The van der Waals surface area contributed by atoms with Crippen molar-refractivity contribution in [3.63, 3.8) is 0 Å². The molecular formula is C20H24O3. The molecule has 122 valence electrons. The highest BCUT2D eigenvalue weighted by molar-refractivity contribution is 5.70. The van der Waals surface area contributed by atoms with Gasteiger partial charge in [-0.25, -0.2) is 4.79 Å². The molecule has 0 unspecified atom stereocenters. The lowest BCUT2D eigenvalue weighted by molar-refractivity contribution is -0.149. The van der Waals surface area contributed by atoms with Gasteiger partial charge in [0.25, 0.3) is 0 Å². The Labute approximate surface area is 138 Å². The van der Waals surface area contributed by atoms with Crippen LogP contribution in [0.15, 0.2) is 60.7 Å². The molecular weight excluding hydrogens is 288 g/mol. The summed E-state index contributed by atoms with van der Waals surface area (Å²) in [6.07, 6.45) is 0.817. The van der Waals surface area contributed by atoms with Crippen molar-refractivity contribution in [3.05, 3.63) is 71.8 Å². The summed E-state index contributed by atoms with van der Waals surface area (Å²) in [4.78, 5) is 11.6. The van der Waals surface area contributed by atoms with Gasteiger partial charge < -0.3 is 9.47 Å². The monoisotopic (exact) mass is 312 g/mol. The van der Waals surface area contributed by atoms with Crippen LogP contribution in [-0.4, -0.2) is 25.8 Å². The molecule has 3 heteroatoms. The van der Waals surface area contributed by atoms with Crippen LogP contribution in [0.3, 0.4) is 0 Å². The first kappa shape index (κ1) is 17.2. The molecule has 0 atom stereocenters. The van der Waals surface area contributed by atoms with Crippen LogP contribution in [0.4, 0.5) is 0 Å². The Morgan fingerprint density at radius 3 is 1.96 bits per heavy atom. The zero-order chi connectivity index (χ0) is 16.5. The fraction of sp³-hybridized carbons (Fsp3) is 0.350. The number of carbonyl (C=O) groups is 1. The molecule has 0 aliphatic carbocycles. The second kappa shape index (κ2) is 8.49. The highest BCUT2D eigenvalue weighted by Crippen LogP contribution is 2.32. The minimum Gasteiger partial charge on any atom is -0.464 e. The number of hydrogen-bond donors (Lipinski definition) is 0. The lowest BCUT2D eigenvalue weighted by Gasteiger charge is -2.30. The summed E-state index contributed by atoms with van der Waals surface area (Å²) in [5, 5.41) is 0. The number of esters is 1. The van der Waals surface area contributed by atoms with Gasteiger partial charge in [0, 0.05) is 5.41 Å². The van der Waals surface area contributed by atoms with Gasteiger partial charge in [-0.3, -0.25) is 0 Å². The van der Waals surface area contributed by atoms with E-state index in [0.29, 0.717) is 13.2 Å².